The molecule has 1 aromatic rings. The third kappa shape index (κ3) is 3.04. The van der Waals surface area contributed by atoms with Gasteiger partial charge in [0.05, 0.1) is 5.70 Å². The first-order valence-electron chi connectivity index (χ1n) is 4.76. The second-order valence-electron chi connectivity index (χ2n) is 3.08. The maximum atomic E-state index is 10.3. The van der Waals surface area contributed by atoms with E-state index in [1.54, 1.807) is 12.2 Å². The number of benzene rings is 1. The van der Waals surface area contributed by atoms with Gasteiger partial charge < -0.3 is 0 Å². The molecule has 0 aliphatic rings. The van der Waals surface area contributed by atoms with Crippen molar-refractivity contribution in [3.8, 4) is 0 Å². The van der Waals surface area contributed by atoms with Crippen LogP contribution in [0.2, 0.25) is 0 Å². The average Bonchev–Trinajstić information content (AvgIpc) is 2.29. The highest BCUT2D eigenvalue weighted by molar-refractivity contribution is 5.70. The molecular formula is C13H13NO. The molecule has 0 saturated carbocycles. The fourth-order valence-corrected chi connectivity index (χ4v) is 1.29. The molecule has 2 heteroatoms. The number of hydrogen-bond acceptors (Lipinski definition) is 2. The predicted octanol–water partition coefficient (Wildman–Crippen LogP) is 3.33. The summed E-state index contributed by atoms with van der Waals surface area (Å²) in [7, 11) is 0. The molecule has 1 rings (SSSR count). The van der Waals surface area contributed by atoms with Gasteiger partial charge in [0.25, 0.3) is 0 Å². The second-order valence-corrected chi connectivity index (χ2v) is 3.08. The Hall–Kier alpha value is -1.92. The number of aliphatic imine (C=N–C) groups is 1. The van der Waals surface area contributed by atoms with Crippen molar-refractivity contribution in [2.24, 2.45) is 4.99 Å². The zero-order valence-corrected chi connectivity index (χ0v) is 8.90. The Morgan fingerprint density at radius 3 is 2.53 bits per heavy atom. The molecule has 0 unspecified atom stereocenters. The Bertz CT molecular complexity index is 423. The fraction of sp³-hybridized carbons (Fsp3) is 0.154. The fourth-order valence-electron chi connectivity index (χ4n) is 1.29. The molecular weight excluding hydrogens is 186 g/mol. The van der Waals surface area contributed by atoms with Crippen LogP contribution in [0, 0.1) is 0 Å². The van der Waals surface area contributed by atoms with Crippen molar-refractivity contribution in [2.75, 3.05) is 0 Å². The summed E-state index contributed by atoms with van der Waals surface area (Å²) in [6, 6.07) is 9.83. The summed E-state index contributed by atoms with van der Waals surface area (Å²) in [6.45, 7) is 3.82. The molecule has 0 radical (unpaired) electrons. The van der Waals surface area contributed by atoms with Crippen LogP contribution >= 0.6 is 0 Å². The molecule has 15 heavy (non-hydrogen) atoms. The molecule has 0 fully saturated rings. The molecule has 0 N–H and O–H groups in total. The zero-order chi connectivity index (χ0) is 11.1. The maximum absolute atomic E-state index is 10.3. The van der Waals surface area contributed by atoms with Crippen LogP contribution in [0.3, 0.4) is 0 Å². The van der Waals surface area contributed by atoms with E-state index in [-0.39, 0.29) is 0 Å². The molecule has 76 valence electrons. The molecule has 0 atom stereocenters. The summed E-state index contributed by atoms with van der Waals surface area (Å²) >= 11 is 0. The third-order valence-corrected chi connectivity index (χ3v) is 2.08. The van der Waals surface area contributed by atoms with Crippen LogP contribution in [-0.2, 0) is 4.79 Å². The van der Waals surface area contributed by atoms with Gasteiger partial charge in [-0.2, -0.15) is 4.99 Å². The minimum absolute atomic E-state index is 0.652. The van der Waals surface area contributed by atoms with Crippen molar-refractivity contribution in [3.05, 3.63) is 53.7 Å². The molecule has 2 nitrogen and oxygen atoms in total. The average molecular weight is 199 g/mol. The van der Waals surface area contributed by atoms with E-state index < -0.39 is 0 Å². The Morgan fingerprint density at radius 2 is 2.00 bits per heavy atom. The summed E-state index contributed by atoms with van der Waals surface area (Å²) in [4.78, 5) is 13.9. The Kier molecular flexibility index (Phi) is 4.27. The normalized spacial score (nSPS) is 12.1. The standard InChI is InChI=1S/C13H13NO/c1-3-7-13(14-10-15)11(2)12-8-5-4-6-9-12/h3-9H,1-2H3/b7-3-,13-11-. The van der Waals surface area contributed by atoms with Crippen LogP contribution < -0.4 is 0 Å². The number of nitrogens with zero attached hydrogens (tertiary/aromatic N) is 1. The van der Waals surface area contributed by atoms with Crippen LogP contribution in [0.25, 0.3) is 5.57 Å². The lowest BCUT2D eigenvalue weighted by Crippen LogP contribution is -1.83. The summed E-state index contributed by atoms with van der Waals surface area (Å²) in [5, 5.41) is 0. The number of isocyanates is 1. The highest BCUT2D eigenvalue weighted by atomic mass is 16.1. The van der Waals surface area contributed by atoms with Crippen LogP contribution in [0.5, 0.6) is 0 Å². The maximum Gasteiger partial charge on any atom is 0.240 e. The zero-order valence-electron chi connectivity index (χ0n) is 8.90. The second kappa shape index (κ2) is 5.74. The van der Waals surface area contributed by atoms with Gasteiger partial charge in [-0.1, -0.05) is 36.4 Å². The molecule has 0 aliphatic heterocycles. The lowest BCUT2D eigenvalue weighted by molar-refractivity contribution is 0.565. The Morgan fingerprint density at radius 1 is 1.33 bits per heavy atom. The van der Waals surface area contributed by atoms with Gasteiger partial charge in [-0.15, -0.1) is 0 Å². The highest BCUT2D eigenvalue weighted by Gasteiger charge is 1.99. The molecule has 0 spiro atoms. The van der Waals surface area contributed by atoms with Crippen molar-refractivity contribution in [2.45, 2.75) is 13.8 Å². The van der Waals surface area contributed by atoms with Gasteiger partial charge in [-0.3, -0.25) is 0 Å². The SMILES string of the molecule is C/C=C\C(N=C=O)=C(/C)c1ccccc1. The van der Waals surface area contributed by atoms with Gasteiger partial charge in [0.15, 0.2) is 0 Å². The molecule has 0 aliphatic carbocycles. The van der Waals surface area contributed by atoms with Crippen molar-refractivity contribution in [1.29, 1.82) is 0 Å². The van der Waals surface area contributed by atoms with Gasteiger partial charge in [-0.05, 0) is 31.1 Å². The third-order valence-electron chi connectivity index (χ3n) is 2.08. The van der Waals surface area contributed by atoms with E-state index in [0.717, 1.165) is 11.1 Å². The summed E-state index contributed by atoms with van der Waals surface area (Å²) in [5.41, 5.74) is 2.68. The lowest BCUT2D eigenvalue weighted by Gasteiger charge is -2.02. The van der Waals surface area contributed by atoms with Crippen LogP contribution in [0.4, 0.5) is 0 Å². The van der Waals surface area contributed by atoms with E-state index in [0.29, 0.717) is 5.70 Å². The first-order chi connectivity index (χ1) is 7.29. The molecule has 1 aromatic carbocycles. The van der Waals surface area contributed by atoms with E-state index in [9.17, 15) is 4.79 Å². The van der Waals surface area contributed by atoms with E-state index in [4.69, 9.17) is 0 Å². The quantitative estimate of drug-likeness (QED) is 0.417. The number of allylic oxidation sites excluding steroid dienone is 3. The summed E-state index contributed by atoms with van der Waals surface area (Å²) in [6.07, 6.45) is 5.22. The van der Waals surface area contributed by atoms with Gasteiger partial charge in [0.2, 0.25) is 6.08 Å². The van der Waals surface area contributed by atoms with E-state index >= 15 is 0 Å². The molecule has 0 amide bonds. The topological polar surface area (TPSA) is 29.4 Å². The van der Waals surface area contributed by atoms with E-state index in [1.165, 1.54) is 0 Å². The van der Waals surface area contributed by atoms with Gasteiger partial charge >= 0.3 is 0 Å². The smallest absolute Gasteiger partial charge is 0.211 e. The molecule has 0 saturated heterocycles. The lowest BCUT2D eigenvalue weighted by atomic mass is 10.1. The number of rotatable bonds is 3. The first-order valence-corrected chi connectivity index (χ1v) is 4.76. The monoisotopic (exact) mass is 199 g/mol. The number of hydrogen-bond donors (Lipinski definition) is 0. The van der Waals surface area contributed by atoms with Crippen molar-refractivity contribution in [1.82, 2.24) is 0 Å². The van der Waals surface area contributed by atoms with E-state index in [1.807, 2.05) is 50.3 Å². The van der Waals surface area contributed by atoms with Gasteiger partial charge in [-0.25, -0.2) is 4.79 Å². The largest absolute Gasteiger partial charge is 0.240 e. The Balaban J connectivity index is 3.21. The Labute approximate surface area is 89.7 Å². The minimum atomic E-state index is 0.652. The van der Waals surface area contributed by atoms with Crippen LogP contribution in [-0.4, -0.2) is 6.08 Å². The minimum Gasteiger partial charge on any atom is -0.211 e. The molecule has 0 heterocycles. The highest BCUT2D eigenvalue weighted by Crippen LogP contribution is 2.19. The van der Waals surface area contributed by atoms with Crippen molar-refractivity contribution < 1.29 is 4.79 Å². The van der Waals surface area contributed by atoms with E-state index in [2.05, 4.69) is 4.99 Å². The number of carbonyl (C=O) groups excluding carboxylic acids is 1. The van der Waals surface area contributed by atoms with Crippen LogP contribution in [0.1, 0.15) is 19.4 Å². The van der Waals surface area contributed by atoms with Crippen molar-refractivity contribution in [3.63, 3.8) is 0 Å². The molecule has 0 bridgehead atoms. The van der Waals surface area contributed by atoms with Gasteiger partial charge in [0.1, 0.15) is 0 Å². The van der Waals surface area contributed by atoms with Crippen molar-refractivity contribution >= 4 is 11.7 Å². The first kappa shape index (κ1) is 11.2. The summed E-state index contributed by atoms with van der Waals surface area (Å²) in [5.74, 6) is 0. The molecule has 0 aromatic heterocycles. The van der Waals surface area contributed by atoms with Gasteiger partial charge in [0, 0.05) is 0 Å². The van der Waals surface area contributed by atoms with Crippen LogP contribution in [0.15, 0.2) is 53.2 Å². The predicted molar refractivity (Wildman–Crippen MR) is 62.0 cm³/mol. The summed E-state index contributed by atoms with van der Waals surface area (Å²) < 4.78 is 0.